The van der Waals surface area contributed by atoms with Gasteiger partial charge in [0.1, 0.15) is 11.5 Å². The number of anilines is 1. The van der Waals surface area contributed by atoms with Crippen LogP contribution < -0.4 is 10.6 Å². The number of nitrogens with zero attached hydrogens (tertiary/aromatic N) is 1. The molecule has 122 valence electrons. The van der Waals surface area contributed by atoms with Crippen molar-refractivity contribution in [2.24, 2.45) is 5.92 Å². The van der Waals surface area contributed by atoms with Crippen LogP contribution in [0.2, 0.25) is 0 Å². The van der Waals surface area contributed by atoms with Gasteiger partial charge in [0.15, 0.2) is 0 Å². The minimum atomic E-state index is -0.290. The normalized spacial score (nSPS) is 10.6. The van der Waals surface area contributed by atoms with Crippen LogP contribution in [0.25, 0.3) is 0 Å². The second-order valence-corrected chi connectivity index (χ2v) is 5.85. The van der Waals surface area contributed by atoms with Crippen molar-refractivity contribution >= 4 is 11.6 Å². The second-order valence-electron chi connectivity index (χ2n) is 5.85. The molecule has 0 saturated heterocycles. The molecule has 0 aliphatic rings. The van der Waals surface area contributed by atoms with Gasteiger partial charge in [0.05, 0.1) is 0 Å². The summed E-state index contributed by atoms with van der Waals surface area (Å²) in [6.07, 6.45) is 2.68. The highest BCUT2D eigenvalue weighted by Gasteiger charge is 2.08. The zero-order valence-corrected chi connectivity index (χ0v) is 13.5. The van der Waals surface area contributed by atoms with E-state index in [1.54, 1.807) is 24.4 Å². The summed E-state index contributed by atoms with van der Waals surface area (Å²) in [7, 11) is 0. The molecule has 0 fully saturated rings. The molecule has 4 nitrogen and oxygen atoms in total. The number of carbonyl (C=O) groups excluding carboxylic acids is 1. The maximum Gasteiger partial charge on any atom is 0.270 e. The predicted molar refractivity (Wildman–Crippen MR) is 89.8 cm³/mol. The molecule has 1 heterocycles. The molecule has 0 radical (unpaired) electrons. The highest BCUT2D eigenvalue weighted by Crippen LogP contribution is 2.10. The molecule has 0 bridgehead atoms. The van der Waals surface area contributed by atoms with E-state index in [2.05, 4.69) is 29.5 Å². The molecule has 5 heteroatoms. The fourth-order valence-corrected chi connectivity index (χ4v) is 2.05. The Labute approximate surface area is 136 Å². The number of carbonyl (C=O) groups is 1. The minimum absolute atomic E-state index is 0.248. The number of halogens is 1. The van der Waals surface area contributed by atoms with Crippen LogP contribution in [0.4, 0.5) is 10.1 Å². The molecule has 1 amide bonds. The van der Waals surface area contributed by atoms with Crippen molar-refractivity contribution < 1.29 is 9.18 Å². The van der Waals surface area contributed by atoms with E-state index in [0.717, 1.165) is 24.2 Å². The maximum absolute atomic E-state index is 12.8. The third kappa shape index (κ3) is 5.70. The van der Waals surface area contributed by atoms with Gasteiger partial charge in [-0.2, -0.15) is 0 Å². The van der Waals surface area contributed by atoms with E-state index in [1.807, 2.05) is 6.07 Å². The van der Waals surface area contributed by atoms with E-state index in [9.17, 15) is 9.18 Å². The van der Waals surface area contributed by atoms with Crippen LogP contribution >= 0.6 is 0 Å². The molecule has 0 spiro atoms. The van der Waals surface area contributed by atoms with E-state index >= 15 is 0 Å². The van der Waals surface area contributed by atoms with Gasteiger partial charge in [-0.25, -0.2) is 4.39 Å². The van der Waals surface area contributed by atoms with Gasteiger partial charge >= 0.3 is 0 Å². The quantitative estimate of drug-likeness (QED) is 0.820. The monoisotopic (exact) mass is 315 g/mol. The van der Waals surface area contributed by atoms with Crippen molar-refractivity contribution in [2.45, 2.75) is 26.8 Å². The molecule has 2 N–H and O–H groups in total. The number of aromatic nitrogens is 1. The van der Waals surface area contributed by atoms with Gasteiger partial charge < -0.3 is 10.6 Å². The lowest BCUT2D eigenvalue weighted by Gasteiger charge is -2.10. The Morgan fingerprint density at radius 2 is 1.96 bits per heavy atom. The van der Waals surface area contributed by atoms with Crippen LogP contribution in [-0.4, -0.2) is 17.4 Å². The lowest BCUT2D eigenvalue weighted by Crippen LogP contribution is -2.23. The second kappa shape index (κ2) is 8.27. The van der Waals surface area contributed by atoms with E-state index < -0.39 is 0 Å². The third-order valence-corrected chi connectivity index (χ3v) is 3.41. The fourth-order valence-electron chi connectivity index (χ4n) is 2.05. The number of hydrogen-bond acceptors (Lipinski definition) is 3. The first kappa shape index (κ1) is 16.9. The molecule has 2 rings (SSSR count). The Morgan fingerprint density at radius 3 is 2.65 bits per heavy atom. The number of rotatable bonds is 7. The standard InChI is InChI=1S/C18H22FN3O/c1-13(2)7-9-20-16-8-10-21-17(11-16)18(23)22-12-14-3-5-15(19)6-4-14/h3-6,8,10-11,13H,7,9,12H2,1-2H3,(H,20,21)(H,22,23). The van der Waals surface area contributed by atoms with Crippen molar-refractivity contribution in [3.8, 4) is 0 Å². The number of amides is 1. The first-order valence-corrected chi connectivity index (χ1v) is 7.77. The highest BCUT2D eigenvalue weighted by molar-refractivity contribution is 5.93. The fraction of sp³-hybridized carbons (Fsp3) is 0.333. The van der Waals surface area contributed by atoms with Crippen LogP contribution in [0.1, 0.15) is 36.3 Å². The average Bonchev–Trinajstić information content (AvgIpc) is 2.54. The number of nitrogens with one attached hydrogen (secondary N) is 2. The van der Waals surface area contributed by atoms with Crippen molar-refractivity contribution in [3.63, 3.8) is 0 Å². The topological polar surface area (TPSA) is 54.0 Å². The van der Waals surface area contributed by atoms with Gasteiger partial charge in [-0.05, 0) is 42.2 Å². The smallest absolute Gasteiger partial charge is 0.270 e. The first-order valence-electron chi connectivity index (χ1n) is 7.77. The van der Waals surface area contributed by atoms with Gasteiger partial charge in [-0.1, -0.05) is 26.0 Å². The Kier molecular flexibility index (Phi) is 6.09. The van der Waals surface area contributed by atoms with Crippen molar-refractivity contribution in [3.05, 3.63) is 59.7 Å². The summed E-state index contributed by atoms with van der Waals surface area (Å²) in [5.41, 5.74) is 2.08. The average molecular weight is 315 g/mol. The Bertz CT molecular complexity index is 641. The van der Waals surface area contributed by atoms with Gasteiger partial charge in [-0.15, -0.1) is 0 Å². The van der Waals surface area contributed by atoms with Crippen molar-refractivity contribution in [1.29, 1.82) is 0 Å². The number of hydrogen-bond donors (Lipinski definition) is 2. The minimum Gasteiger partial charge on any atom is -0.385 e. The summed E-state index contributed by atoms with van der Waals surface area (Å²) in [4.78, 5) is 16.2. The molecule has 0 aliphatic carbocycles. The SMILES string of the molecule is CC(C)CCNc1ccnc(C(=O)NCc2ccc(F)cc2)c1. The summed E-state index contributed by atoms with van der Waals surface area (Å²) in [6, 6.07) is 9.62. The van der Waals surface area contributed by atoms with Crippen molar-refractivity contribution in [1.82, 2.24) is 10.3 Å². The van der Waals surface area contributed by atoms with Gasteiger partial charge in [0.2, 0.25) is 0 Å². The van der Waals surface area contributed by atoms with Crippen LogP contribution in [0.15, 0.2) is 42.6 Å². The lowest BCUT2D eigenvalue weighted by molar-refractivity contribution is 0.0946. The summed E-state index contributed by atoms with van der Waals surface area (Å²) < 4.78 is 12.8. The van der Waals surface area contributed by atoms with E-state index in [0.29, 0.717) is 18.2 Å². The highest BCUT2D eigenvalue weighted by atomic mass is 19.1. The maximum atomic E-state index is 12.8. The molecular weight excluding hydrogens is 293 g/mol. The Balaban J connectivity index is 1.90. The number of benzene rings is 1. The van der Waals surface area contributed by atoms with Crippen molar-refractivity contribution in [2.75, 3.05) is 11.9 Å². The zero-order chi connectivity index (χ0) is 16.7. The lowest BCUT2D eigenvalue weighted by atomic mass is 10.1. The van der Waals surface area contributed by atoms with Gasteiger partial charge in [-0.3, -0.25) is 9.78 Å². The van der Waals surface area contributed by atoms with Crippen LogP contribution in [-0.2, 0) is 6.54 Å². The Hall–Kier alpha value is -2.43. The molecule has 0 unspecified atom stereocenters. The molecule has 2 aromatic rings. The summed E-state index contributed by atoms with van der Waals surface area (Å²) in [5, 5.41) is 6.07. The van der Waals surface area contributed by atoms with Crippen LogP contribution in [0.5, 0.6) is 0 Å². The van der Waals surface area contributed by atoms with E-state index in [4.69, 9.17) is 0 Å². The predicted octanol–water partition coefficient (Wildman–Crippen LogP) is 3.61. The third-order valence-electron chi connectivity index (χ3n) is 3.41. The largest absolute Gasteiger partial charge is 0.385 e. The molecule has 1 aromatic heterocycles. The van der Waals surface area contributed by atoms with Gasteiger partial charge in [0.25, 0.3) is 5.91 Å². The summed E-state index contributed by atoms with van der Waals surface area (Å²) >= 11 is 0. The van der Waals surface area contributed by atoms with Crippen LogP contribution in [0.3, 0.4) is 0 Å². The molecule has 0 saturated carbocycles. The van der Waals surface area contributed by atoms with Gasteiger partial charge in [0, 0.05) is 25.0 Å². The molecule has 0 atom stereocenters. The summed E-state index contributed by atoms with van der Waals surface area (Å²) in [6.45, 7) is 5.54. The number of pyridine rings is 1. The molecular formula is C18H22FN3O. The first-order chi connectivity index (χ1) is 11.0. The van der Waals surface area contributed by atoms with E-state index in [-0.39, 0.29) is 11.7 Å². The van der Waals surface area contributed by atoms with E-state index in [1.165, 1.54) is 12.1 Å². The molecule has 0 aliphatic heterocycles. The zero-order valence-electron chi connectivity index (χ0n) is 13.5. The summed E-state index contributed by atoms with van der Waals surface area (Å²) in [5.74, 6) is 0.0894. The Morgan fingerprint density at radius 1 is 1.22 bits per heavy atom. The molecule has 1 aromatic carbocycles. The molecule has 23 heavy (non-hydrogen) atoms. The van der Waals surface area contributed by atoms with Crippen LogP contribution in [0, 0.1) is 11.7 Å².